The highest BCUT2D eigenvalue weighted by atomic mass is 16.5. The molecule has 0 aromatic heterocycles. The van der Waals surface area contributed by atoms with E-state index in [2.05, 4.69) is 45.0 Å². The molecule has 3 aliphatic heterocycles. The molecule has 3 saturated heterocycles. The molecule has 0 amide bonds. The standard InChI is InChI=1S/C7H15N.C7H14O.C6H13N.C6H12O/c1-7-3-5-8(2)6-4-7;1-6-2-4-7(8)5-3-6;1-6-3-2-4-7-5-6;1-6-2-4-7-5-3-6/h7H,3-6H2,1-2H3;6-8H,2-5H2,1H3;6-7H,2-5H2,1H3;6H,2-5H2,1H3. The Hall–Kier alpha value is -0.160. The number of nitrogens with zero attached hydrogens (tertiary/aromatic N) is 1. The molecule has 2 N–H and O–H groups in total. The second kappa shape index (κ2) is 17.4. The second-order valence-corrected chi connectivity index (χ2v) is 10.6. The van der Waals surface area contributed by atoms with Gasteiger partial charge in [-0.1, -0.05) is 27.7 Å². The Labute approximate surface area is 188 Å². The SMILES string of the molecule is CC1CCC(O)CC1.CC1CCCNC1.CC1CCN(C)CC1.CC1CCOCC1. The van der Waals surface area contributed by atoms with Gasteiger partial charge in [0, 0.05) is 13.2 Å². The van der Waals surface area contributed by atoms with Gasteiger partial charge in [0.05, 0.1) is 6.10 Å². The van der Waals surface area contributed by atoms with Gasteiger partial charge in [0.2, 0.25) is 0 Å². The zero-order valence-electron chi connectivity index (χ0n) is 21.0. The van der Waals surface area contributed by atoms with Gasteiger partial charge >= 0.3 is 0 Å². The van der Waals surface area contributed by atoms with Gasteiger partial charge in [-0.15, -0.1) is 0 Å². The van der Waals surface area contributed by atoms with Crippen LogP contribution in [0.2, 0.25) is 0 Å². The number of aliphatic hydroxyl groups is 1. The number of hydrogen-bond donors (Lipinski definition) is 2. The van der Waals surface area contributed by atoms with Crippen LogP contribution in [0.25, 0.3) is 0 Å². The van der Waals surface area contributed by atoms with Crippen molar-refractivity contribution in [2.24, 2.45) is 23.7 Å². The molecule has 0 spiro atoms. The summed E-state index contributed by atoms with van der Waals surface area (Å²) >= 11 is 0. The predicted molar refractivity (Wildman–Crippen MR) is 130 cm³/mol. The highest BCUT2D eigenvalue weighted by Gasteiger charge is 2.14. The third-order valence-corrected chi connectivity index (χ3v) is 7.05. The van der Waals surface area contributed by atoms with Crippen LogP contribution < -0.4 is 5.32 Å². The average Bonchev–Trinajstić information content (AvgIpc) is 2.75. The summed E-state index contributed by atoms with van der Waals surface area (Å²) in [5.74, 6) is 3.67. The molecule has 4 fully saturated rings. The summed E-state index contributed by atoms with van der Waals surface area (Å²) in [4.78, 5) is 2.40. The van der Waals surface area contributed by atoms with E-state index >= 15 is 0 Å². The van der Waals surface area contributed by atoms with Gasteiger partial charge in [0.25, 0.3) is 0 Å². The van der Waals surface area contributed by atoms with E-state index in [9.17, 15) is 0 Å². The number of likely N-dealkylation sites (tertiary alicyclic amines) is 1. The summed E-state index contributed by atoms with van der Waals surface area (Å²) < 4.78 is 5.14. The van der Waals surface area contributed by atoms with Gasteiger partial charge in [0.15, 0.2) is 0 Å². The Morgan fingerprint density at radius 3 is 1.57 bits per heavy atom. The monoisotopic (exact) mass is 426 g/mol. The Kier molecular flexibility index (Phi) is 16.2. The van der Waals surface area contributed by atoms with Crippen molar-refractivity contribution in [2.45, 2.75) is 98.0 Å². The first-order chi connectivity index (χ1) is 14.4. The van der Waals surface area contributed by atoms with E-state index < -0.39 is 0 Å². The molecule has 0 radical (unpaired) electrons. The second-order valence-electron chi connectivity index (χ2n) is 10.6. The maximum absolute atomic E-state index is 9.03. The third kappa shape index (κ3) is 15.6. The minimum atomic E-state index is 0.0196. The van der Waals surface area contributed by atoms with Gasteiger partial charge in [-0.25, -0.2) is 0 Å². The molecule has 180 valence electrons. The molecule has 4 heteroatoms. The number of ether oxygens (including phenoxy) is 1. The van der Waals surface area contributed by atoms with E-state index in [-0.39, 0.29) is 6.10 Å². The van der Waals surface area contributed by atoms with Crippen molar-refractivity contribution in [1.29, 1.82) is 0 Å². The molecule has 4 rings (SSSR count). The first-order valence-electron chi connectivity index (χ1n) is 13.0. The molecular weight excluding hydrogens is 372 g/mol. The first-order valence-corrected chi connectivity index (χ1v) is 13.0. The van der Waals surface area contributed by atoms with Crippen LogP contribution in [0.5, 0.6) is 0 Å². The molecule has 1 atom stereocenters. The van der Waals surface area contributed by atoms with Gasteiger partial charge < -0.3 is 20.1 Å². The van der Waals surface area contributed by atoms with Crippen molar-refractivity contribution in [3.05, 3.63) is 0 Å². The number of hydrogen-bond acceptors (Lipinski definition) is 4. The summed E-state index contributed by atoms with van der Waals surface area (Å²) in [5.41, 5.74) is 0. The average molecular weight is 427 g/mol. The molecule has 30 heavy (non-hydrogen) atoms. The molecular formula is C26H54N2O2. The number of nitrogens with one attached hydrogen (secondary N) is 1. The topological polar surface area (TPSA) is 44.7 Å². The molecule has 1 aliphatic carbocycles. The Bertz CT molecular complexity index is 309. The molecule has 1 unspecified atom stereocenters. The lowest BCUT2D eigenvalue weighted by atomic mass is 9.89. The molecule has 3 heterocycles. The predicted octanol–water partition coefficient (Wildman–Crippen LogP) is 5.34. The number of piperidine rings is 2. The van der Waals surface area contributed by atoms with Crippen LogP contribution in [0.3, 0.4) is 0 Å². The lowest BCUT2D eigenvalue weighted by molar-refractivity contribution is 0.0716. The maximum atomic E-state index is 9.03. The van der Waals surface area contributed by atoms with Crippen molar-refractivity contribution in [1.82, 2.24) is 10.2 Å². The van der Waals surface area contributed by atoms with E-state index in [1.165, 1.54) is 77.5 Å². The van der Waals surface area contributed by atoms with Crippen molar-refractivity contribution in [3.63, 3.8) is 0 Å². The summed E-state index contributed by atoms with van der Waals surface area (Å²) in [6.45, 7) is 16.2. The van der Waals surface area contributed by atoms with Crippen molar-refractivity contribution < 1.29 is 9.84 Å². The molecule has 0 aromatic rings. The maximum Gasteiger partial charge on any atom is 0.0540 e. The van der Waals surface area contributed by atoms with Gasteiger partial charge in [-0.3, -0.25) is 0 Å². The highest BCUT2D eigenvalue weighted by molar-refractivity contribution is 4.67. The van der Waals surface area contributed by atoms with E-state index in [4.69, 9.17) is 9.84 Å². The van der Waals surface area contributed by atoms with E-state index in [1.807, 2.05) is 0 Å². The zero-order valence-corrected chi connectivity index (χ0v) is 21.0. The molecule has 0 bridgehead atoms. The van der Waals surface area contributed by atoms with Gasteiger partial charge in [-0.05, 0) is 121 Å². The minimum Gasteiger partial charge on any atom is -0.393 e. The number of rotatable bonds is 0. The lowest BCUT2D eigenvalue weighted by Crippen LogP contribution is -2.28. The summed E-state index contributed by atoms with van der Waals surface area (Å²) in [5, 5.41) is 12.4. The van der Waals surface area contributed by atoms with E-state index in [0.717, 1.165) is 49.7 Å². The quantitative estimate of drug-likeness (QED) is 0.548. The van der Waals surface area contributed by atoms with E-state index in [0.29, 0.717) is 0 Å². The molecule has 4 aliphatic rings. The fraction of sp³-hybridized carbons (Fsp3) is 1.00. The fourth-order valence-corrected chi connectivity index (χ4v) is 4.22. The van der Waals surface area contributed by atoms with Crippen LogP contribution in [0.4, 0.5) is 0 Å². The van der Waals surface area contributed by atoms with Crippen LogP contribution in [-0.4, -0.2) is 62.6 Å². The summed E-state index contributed by atoms with van der Waals surface area (Å²) in [6.07, 6.45) is 12.7. The van der Waals surface area contributed by atoms with Crippen LogP contribution in [0, 0.1) is 23.7 Å². The van der Waals surface area contributed by atoms with Gasteiger partial charge in [-0.2, -0.15) is 0 Å². The normalized spacial score (nSPS) is 31.2. The highest BCUT2D eigenvalue weighted by Crippen LogP contribution is 2.22. The van der Waals surface area contributed by atoms with Gasteiger partial charge in [0.1, 0.15) is 0 Å². The fourth-order valence-electron chi connectivity index (χ4n) is 4.22. The van der Waals surface area contributed by atoms with Crippen LogP contribution in [0.1, 0.15) is 91.9 Å². The molecule has 4 nitrogen and oxygen atoms in total. The Morgan fingerprint density at radius 2 is 1.23 bits per heavy atom. The largest absolute Gasteiger partial charge is 0.393 e. The summed E-state index contributed by atoms with van der Waals surface area (Å²) in [7, 11) is 2.20. The van der Waals surface area contributed by atoms with E-state index in [1.54, 1.807) is 0 Å². The van der Waals surface area contributed by atoms with Crippen LogP contribution in [-0.2, 0) is 4.74 Å². The lowest BCUT2D eigenvalue weighted by Gasteiger charge is -2.26. The zero-order chi connectivity index (χ0) is 22.2. The molecule has 1 saturated carbocycles. The third-order valence-electron chi connectivity index (χ3n) is 7.05. The van der Waals surface area contributed by atoms with Crippen LogP contribution in [0.15, 0.2) is 0 Å². The summed E-state index contributed by atoms with van der Waals surface area (Å²) in [6, 6.07) is 0. The molecule has 0 aromatic carbocycles. The Balaban J connectivity index is 0.000000200. The minimum absolute atomic E-state index is 0.0196. The van der Waals surface area contributed by atoms with Crippen molar-refractivity contribution in [2.75, 3.05) is 46.4 Å². The van der Waals surface area contributed by atoms with Crippen molar-refractivity contribution in [3.8, 4) is 0 Å². The number of aliphatic hydroxyl groups excluding tert-OH is 1. The first kappa shape index (κ1) is 27.9. The van der Waals surface area contributed by atoms with Crippen LogP contribution >= 0.6 is 0 Å². The van der Waals surface area contributed by atoms with Crippen molar-refractivity contribution >= 4 is 0 Å². The Morgan fingerprint density at radius 1 is 0.700 bits per heavy atom. The smallest absolute Gasteiger partial charge is 0.0540 e.